The molecule has 1 rings (SSSR count). The first-order chi connectivity index (χ1) is 7.64. The Kier molecular flexibility index (Phi) is 3.63. The van der Waals surface area contributed by atoms with Crippen LogP contribution in [0.5, 0.6) is 0 Å². The molecule has 1 unspecified atom stereocenters. The highest BCUT2D eigenvalue weighted by Gasteiger charge is 2.35. The SMILES string of the molecule is CC(C)(C)C(NS(=O)(=O)c1cc[nH]c1)C(=O)O. The Bertz CT molecular complexity index is 485. The normalized spacial score (nSPS) is 14.5. The Hall–Kier alpha value is -1.34. The lowest BCUT2D eigenvalue weighted by molar-refractivity contribution is -0.141. The summed E-state index contributed by atoms with van der Waals surface area (Å²) in [5.41, 5.74) is -0.713. The molecule has 1 aromatic heterocycles. The molecule has 0 saturated carbocycles. The van der Waals surface area contributed by atoms with Crippen molar-refractivity contribution < 1.29 is 18.3 Å². The number of hydrogen-bond acceptors (Lipinski definition) is 3. The van der Waals surface area contributed by atoms with Gasteiger partial charge >= 0.3 is 5.97 Å². The van der Waals surface area contributed by atoms with E-state index in [-0.39, 0.29) is 4.90 Å². The highest BCUT2D eigenvalue weighted by Crippen LogP contribution is 2.21. The number of sulfonamides is 1. The minimum atomic E-state index is -3.81. The van der Waals surface area contributed by atoms with Gasteiger partial charge in [-0.25, -0.2) is 8.42 Å². The second-order valence-electron chi connectivity index (χ2n) is 4.81. The molecule has 0 aromatic carbocycles. The Morgan fingerprint density at radius 1 is 1.47 bits per heavy atom. The molecule has 0 fully saturated rings. The van der Waals surface area contributed by atoms with E-state index in [1.165, 1.54) is 18.5 Å². The van der Waals surface area contributed by atoms with Gasteiger partial charge in [0, 0.05) is 12.4 Å². The number of carboxylic acid groups (broad SMARTS) is 1. The van der Waals surface area contributed by atoms with Crippen LogP contribution in [-0.2, 0) is 14.8 Å². The number of hydrogen-bond donors (Lipinski definition) is 3. The average molecular weight is 260 g/mol. The number of carbonyl (C=O) groups is 1. The van der Waals surface area contributed by atoms with Crippen molar-refractivity contribution in [3.05, 3.63) is 18.5 Å². The zero-order chi connectivity index (χ0) is 13.3. The van der Waals surface area contributed by atoms with Gasteiger partial charge in [-0.2, -0.15) is 4.72 Å². The van der Waals surface area contributed by atoms with Crippen molar-refractivity contribution in [3.8, 4) is 0 Å². The van der Waals surface area contributed by atoms with E-state index >= 15 is 0 Å². The number of H-pyrrole nitrogens is 1. The summed E-state index contributed by atoms with van der Waals surface area (Å²) in [4.78, 5) is 13.7. The Morgan fingerprint density at radius 2 is 2.06 bits per heavy atom. The summed E-state index contributed by atoms with van der Waals surface area (Å²) < 4.78 is 25.9. The predicted molar refractivity (Wildman–Crippen MR) is 62.0 cm³/mol. The molecule has 6 nitrogen and oxygen atoms in total. The Balaban J connectivity index is 3.01. The summed E-state index contributed by atoms with van der Waals surface area (Å²) >= 11 is 0. The van der Waals surface area contributed by atoms with E-state index in [2.05, 4.69) is 9.71 Å². The lowest BCUT2D eigenvalue weighted by Crippen LogP contribution is -2.48. The molecule has 7 heteroatoms. The zero-order valence-electron chi connectivity index (χ0n) is 9.89. The molecule has 17 heavy (non-hydrogen) atoms. The first-order valence-corrected chi connectivity index (χ1v) is 6.51. The third-order valence-electron chi connectivity index (χ3n) is 2.27. The minimum absolute atomic E-state index is 0.0213. The molecule has 0 amide bonds. The third-order valence-corrected chi connectivity index (χ3v) is 3.69. The molecular weight excluding hydrogens is 244 g/mol. The summed E-state index contributed by atoms with van der Waals surface area (Å²) in [6.45, 7) is 4.97. The number of carboxylic acids is 1. The molecule has 96 valence electrons. The smallest absolute Gasteiger partial charge is 0.322 e. The molecular formula is C10H16N2O4S. The van der Waals surface area contributed by atoms with Gasteiger partial charge in [0.05, 0.1) is 4.90 Å². The lowest BCUT2D eigenvalue weighted by Gasteiger charge is -2.27. The monoisotopic (exact) mass is 260 g/mol. The predicted octanol–water partition coefficient (Wildman–Crippen LogP) is 0.792. The van der Waals surface area contributed by atoms with Crippen LogP contribution in [0.25, 0.3) is 0 Å². The fraction of sp³-hybridized carbons (Fsp3) is 0.500. The van der Waals surface area contributed by atoms with E-state index in [0.717, 1.165) is 0 Å². The van der Waals surface area contributed by atoms with Gasteiger partial charge in [0.25, 0.3) is 0 Å². The van der Waals surface area contributed by atoms with Crippen molar-refractivity contribution in [2.45, 2.75) is 31.7 Å². The first kappa shape index (κ1) is 13.7. The molecule has 1 atom stereocenters. The van der Waals surface area contributed by atoms with Gasteiger partial charge in [-0.3, -0.25) is 4.79 Å². The average Bonchev–Trinajstić information content (AvgIpc) is 2.65. The summed E-state index contributed by atoms with van der Waals surface area (Å²) in [6.07, 6.45) is 2.76. The number of rotatable bonds is 4. The van der Waals surface area contributed by atoms with Crippen LogP contribution in [0.15, 0.2) is 23.4 Å². The summed E-state index contributed by atoms with van der Waals surface area (Å²) in [6, 6.07) is 0.187. The maximum absolute atomic E-state index is 11.9. The van der Waals surface area contributed by atoms with Crippen molar-refractivity contribution >= 4 is 16.0 Å². The van der Waals surface area contributed by atoms with Crippen LogP contribution in [0.3, 0.4) is 0 Å². The first-order valence-electron chi connectivity index (χ1n) is 5.02. The standard InChI is InChI=1S/C10H16N2O4S/c1-10(2,3)8(9(13)14)12-17(15,16)7-4-5-11-6-7/h4-6,8,11-12H,1-3H3,(H,13,14). The topological polar surface area (TPSA) is 99.3 Å². The number of nitrogens with one attached hydrogen (secondary N) is 2. The Labute approximate surface area is 100 Å². The highest BCUT2D eigenvalue weighted by atomic mass is 32.2. The van der Waals surface area contributed by atoms with Crippen molar-refractivity contribution in [3.63, 3.8) is 0 Å². The number of aliphatic carboxylic acids is 1. The van der Waals surface area contributed by atoms with Gasteiger partial charge in [-0.05, 0) is 11.5 Å². The van der Waals surface area contributed by atoms with Gasteiger partial charge in [-0.15, -0.1) is 0 Å². The van der Waals surface area contributed by atoms with Gasteiger partial charge in [0.15, 0.2) is 0 Å². The molecule has 0 aliphatic carbocycles. The van der Waals surface area contributed by atoms with E-state index in [4.69, 9.17) is 5.11 Å². The molecule has 0 bridgehead atoms. The van der Waals surface area contributed by atoms with Crippen LogP contribution in [0, 0.1) is 5.41 Å². The third kappa shape index (κ3) is 3.31. The number of aromatic nitrogens is 1. The molecule has 0 radical (unpaired) electrons. The van der Waals surface area contributed by atoms with Crippen molar-refractivity contribution in [1.82, 2.24) is 9.71 Å². The molecule has 3 N–H and O–H groups in total. The highest BCUT2D eigenvalue weighted by molar-refractivity contribution is 7.89. The maximum atomic E-state index is 11.9. The molecule has 1 heterocycles. The molecule has 0 aliphatic rings. The van der Waals surface area contributed by atoms with Gasteiger partial charge in [-0.1, -0.05) is 20.8 Å². The fourth-order valence-electron chi connectivity index (χ4n) is 1.30. The lowest BCUT2D eigenvalue weighted by atomic mass is 9.88. The molecule has 0 saturated heterocycles. The van der Waals surface area contributed by atoms with Crippen LogP contribution in [0.1, 0.15) is 20.8 Å². The largest absolute Gasteiger partial charge is 0.480 e. The van der Waals surface area contributed by atoms with E-state index < -0.39 is 27.4 Å². The van der Waals surface area contributed by atoms with Crippen molar-refractivity contribution in [2.75, 3.05) is 0 Å². The summed E-state index contributed by atoms with van der Waals surface area (Å²) in [5, 5.41) is 9.03. The van der Waals surface area contributed by atoms with Gasteiger partial charge in [0.1, 0.15) is 6.04 Å². The Morgan fingerprint density at radius 3 is 2.41 bits per heavy atom. The summed E-state index contributed by atoms with van der Waals surface area (Å²) in [5.74, 6) is -1.20. The number of aromatic amines is 1. The van der Waals surface area contributed by atoms with Crippen molar-refractivity contribution in [1.29, 1.82) is 0 Å². The van der Waals surface area contributed by atoms with Crippen LogP contribution in [-0.4, -0.2) is 30.5 Å². The van der Waals surface area contributed by atoms with E-state index in [9.17, 15) is 13.2 Å². The fourth-order valence-corrected chi connectivity index (χ4v) is 2.67. The van der Waals surface area contributed by atoms with Gasteiger partial charge in [0.2, 0.25) is 10.0 Å². The molecule has 0 spiro atoms. The van der Waals surface area contributed by atoms with Gasteiger partial charge < -0.3 is 10.1 Å². The summed E-state index contributed by atoms with van der Waals surface area (Å²) in [7, 11) is -3.81. The van der Waals surface area contributed by atoms with Crippen LogP contribution in [0.4, 0.5) is 0 Å². The van der Waals surface area contributed by atoms with Crippen molar-refractivity contribution in [2.24, 2.45) is 5.41 Å². The van der Waals surface area contributed by atoms with Crippen LogP contribution in [0.2, 0.25) is 0 Å². The van der Waals surface area contributed by atoms with E-state index in [1.54, 1.807) is 20.8 Å². The maximum Gasteiger partial charge on any atom is 0.322 e. The molecule has 1 aromatic rings. The molecule has 0 aliphatic heterocycles. The van der Waals surface area contributed by atoms with Crippen LogP contribution >= 0.6 is 0 Å². The van der Waals surface area contributed by atoms with E-state index in [0.29, 0.717) is 0 Å². The second-order valence-corrected chi connectivity index (χ2v) is 6.52. The zero-order valence-corrected chi connectivity index (χ0v) is 10.7. The van der Waals surface area contributed by atoms with Crippen LogP contribution < -0.4 is 4.72 Å². The van der Waals surface area contributed by atoms with E-state index in [1.807, 2.05) is 0 Å². The second kappa shape index (κ2) is 4.50. The quantitative estimate of drug-likeness (QED) is 0.745. The minimum Gasteiger partial charge on any atom is -0.480 e.